The van der Waals surface area contributed by atoms with Gasteiger partial charge in [-0.25, -0.2) is 4.98 Å². The van der Waals surface area contributed by atoms with Crippen molar-refractivity contribution >= 4 is 16.7 Å². The molecule has 2 N–H and O–H groups in total. The van der Waals surface area contributed by atoms with Gasteiger partial charge >= 0.3 is 0 Å². The summed E-state index contributed by atoms with van der Waals surface area (Å²) in [5.41, 5.74) is 2.99. The van der Waals surface area contributed by atoms with Gasteiger partial charge in [-0.05, 0) is 37.3 Å². The van der Waals surface area contributed by atoms with Gasteiger partial charge in [-0.3, -0.25) is 9.97 Å². The van der Waals surface area contributed by atoms with E-state index in [1.807, 2.05) is 67.6 Å². The van der Waals surface area contributed by atoms with Crippen molar-refractivity contribution in [2.45, 2.75) is 13.0 Å². The SMILES string of the molecule is Cc1cccc(N[C@H](c2ccccn2)c2ccc3cccnc3c2O)n1. The Bertz CT molecular complexity index is 1050. The van der Waals surface area contributed by atoms with Crippen molar-refractivity contribution in [3.63, 3.8) is 0 Å². The number of pyridine rings is 3. The molecule has 3 aromatic heterocycles. The summed E-state index contributed by atoms with van der Waals surface area (Å²) in [7, 11) is 0. The minimum absolute atomic E-state index is 0.152. The Labute approximate surface area is 151 Å². The second-order valence-electron chi connectivity index (χ2n) is 6.07. The molecule has 1 atom stereocenters. The summed E-state index contributed by atoms with van der Waals surface area (Å²) in [6, 6.07) is 18.8. The topological polar surface area (TPSA) is 70.9 Å². The van der Waals surface area contributed by atoms with Gasteiger partial charge in [-0.2, -0.15) is 0 Å². The van der Waals surface area contributed by atoms with Crippen LogP contribution in [-0.2, 0) is 0 Å². The maximum absolute atomic E-state index is 10.9. The number of aromatic hydroxyl groups is 1. The molecule has 4 aromatic rings. The largest absolute Gasteiger partial charge is 0.505 e. The molecule has 0 aliphatic carbocycles. The Morgan fingerprint density at radius 2 is 1.77 bits per heavy atom. The van der Waals surface area contributed by atoms with Crippen molar-refractivity contribution < 1.29 is 5.11 Å². The fraction of sp³-hybridized carbons (Fsp3) is 0.0952. The van der Waals surface area contributed by atoms with E-state index < -0.39 is 0 Å². The van der Waals surface area contributed by atoms with Gasteiger partial charge in [0.1, 0.15) is 17.1 Å². The molecule has 0 saturated carbocycles. The Hall–Kier alpha value is -3.47. The summed E-state index contributed by atoms with van der Waals surface area (Å²) in [6.45, 7) is 1.94. The highest BCUT2D eigenvalue weighted by Gasteiger charge is 2.21. The highest BCUT2D eigenvalue weighted by Crippen LogP contribution is 2.35. The molecule has 3 heterocycles. The van der Waals surface area contributed by atoms with Gasteiger partial charge in [-0.15, -0.1) is 0 Å². The summed E-state index contributed by atoms with van der Waals surface area (Å²) < 4.78 is 0. The van der Waals surface area contributed by atoms with Crippen LogP contribution in [0.2, 0.25) is 0 Å². The molecular formula is C21H18N4O. The number of benzene rings is 1. The zero-order valence-corrected chi connectivity index (χ0v) is 14.3. The molecule has 0 bridgehead atoms. The molecule has 0 saturated heterocycles. The fourth-order valence-corrected chi connectivity index (χ4v) is 3.01. The van der Waals surface area contributed by atoms with Gasteiger partial charge in [0.05, 0.1) is 11.7 Å². The van der Waals surface area contributed by atoms with E-state index in [2.05, 4.69) is 20.3 Å². The quantitative estimate of drug-likeness (QED) is 0.580. The molecule has 128 valence electrons. The van der Waals surface area contributed by atoms with Crippen LogP contribution < -0.4 is 5.32 Å². The minimum Gasteiger partial charge on any atom is -0.505 e. The van der Waals surface area contributed by atoms with E-state index >= 15 is 0 Å². The third-order valence-electron chi connectivity index (χ3n) is 4.25. The number of anilines is 1. The van der Waals surface area contributed by atoms with Crippen LogP contribution in [0.3, 0.4) is 0 Å². The standard InChI is InChI=1S/C21H18N4O/c1-14-6-4-9-18(24-14)25-20(17-8-2-3-12-22-17)16-11-10-15-7-5-13-23-19(15)21(16)26/h2-13,20,26H,1H3,(H,24,25)/t20-/m0/s1. The first-order chi connectivity index (χ1) is 12.7. The number of phenols is 1. The summed E-state index contributed by atoms with van der Waals surface area (Å²) in [5, 5.41) is 15.2. The van der Waals surface area contributed by atoms with Gasteiger partial charge in [0.2, 0.25) is 0 Å². The number of fused-ring (bicyclic) bond motifs is 1. The number of aromatic nitrogens is 3. The number of hydrogen-bond donors (Lipinski definition) is 2. The summed E-state index contributed by atoms with van der Waals surface area (Å²) in [4.78, 5) is 13.3. The Kier molecular flexibility index (Phi) is 4.19. The smallest absolute Gasteiger partial charge is 0.147 e. The van der Waals surface area contributed by atoms with E-state index in [9.17, 15) is 5.11 Å². The van der Waals surface area contributed by atoms with Gasteiger partial charge in [0.15, 0.2) is 0 Å². The molecule has 0 amide bonds. The molecule has 0 unspecified atom stereocenters. The van der Waals surface area contributed by atoms with Crippen LogP contribution >= 0.6 is 0 Å². The van der Waals surface area contributed by atoms with Crippen molar-refractivity contribution in [3.8, 4) is 5.75 Å². The minimum atomic E-state index is -0.350. The van der Waals surface area contributed by atoms with Crippen LogP contribution in [0.5, 0.6) is 5.75 Å². The van der Waals surface area contributed by atoms with Crippen LogP contribution in [0.4, 0.5) is 5.82 Å². The highest BCUT2D eigenvalue weighted by molar-refractivity contribution is 5.85. The molecule has 4 rings (SSSR count). The van der Waals surface area contributed by atoms with Crippen molar-refractivity contribution in [2.24, 2.45) is 0 Å². The number of aryl methyl sites for hydroxylation is 1. The first kappa shape index (κ1) is 16.0. The van der Waals surface area contributed by atoms with E-state index in [0.29, 0.717) is 11.1 Å². The van der Waals surface area contributed by atoms with Gasteiger partial charge < -0.3 is 10.4 Å². The van der Waals surface area contributed by atoms with Gasteiger partial charge in [0, 0.05) is 29.0 Å². The lowest BCUT2D eigenvalue weighted by Crippen LogP contribution is -2.15. The van der Waals surface area contributed by atoms with E-state index in [1.165, 1.54) is 0 Å². The van der Waals surface area contributed by atoms with Crippen LogP contribution in [0, 0.1) is 6.92 Å². The summed E-state index contributed by atoms with van der Waals surface area (Å²) in [5.74, 6) is 0.875. The summed E-state index contributed by atoms with van der Waals surface area (Å²) in [6.07, 6.45) is 3.42. The molecule has 0 radical (unpaired) electrons. The molecule has 5 nitrogen and oxygen atoms in total. The van der Waals surface area contributed by atoms with E-state index in [-0.39, 0.29) is 11.8 Å². The van der Waals surface area contributed by atoms with E-state index in [4.69, 9.17) is 0 Å². The highest BCUT2D eigenvalue weighted by atomic mass is 16.3. The zero-order valence-electron chi connectivity index (χ0n) is 14.3. The van der Waals surface area contributed by atoms with Crippen molar-refractivity contribution in [3.05, 3.63) is 90.0 Å². The second kappa shape index (κ2) is 6.80. The number of hydrogen-bond acceptors (Lipinski definition) is 5. The predicted octanol–water partition coefficient (Wildman–Crippen LogP) is 4.24. The van der Waals surface area contributed by atoms with Crippen LogP contribution in [0.15, 0.2) is 73.1 Å². The van der Waals surface area contributed by atoms with E-state index in [0.717, 1.165) is 22.6 Å². The molecule has 0 aliphatic heterocycles. The molecule has 0 aliphatic rings. The third-order valence-corrected chi connectivity index (χ3v) is 4.25. The third kappa shape index (κ3) is 3.07. The molecular weight excluding hydrogens is 324 g/mol. The lowest BCUT2D eigenvalue weighted by Gasteiger charge is -2.21. The Balaban J connectivity index is 1.84. The molecule has 5 heteroatoms. The lowest BCUT2D eigenvalue weighted by atomic mass is 9.99. The first-order valence-corrected chi connectivity index (χ1v) is 8.40. The van der Waals surface area contributed by atoms with Gasteiger partial charge in [0.25, 0.3) is 0 Å². The van der Waals surface area contributed by atoms with E-state index in [1.54, 1.807) is 12.4 Å². The lowest BCUT2D eigenvalue weighted by molar-refractivity contribution is 0.471. The Morgan fingerprint density at radius 3 is 2.58 bits per heavy atom. The van der Waals surface area contributed by atoms with Crippen LogP contribution in [0.25, 0.3) is 10.9 Å². The van der Waals surface area contributed by atoms with Crippen LogP contribution in [-0.4, -0.2) is 20.1 Å². The molecule has 26 heavy (non-hydrogen) atoms. The normalized spacial score (nSPS) is 12.0. The fourth-order valence-electron chi connectivity index (χ4n) is 3.01. The zero-order chi connectivity index (χ0) is 17.9. The predicted molar refractivity (Wildman–Crippen MR) is 102 cm³/mol. The average molecular weight is 342 g/mol. The number of rotatable bonds is 4. The molecule has 1 aromatic carbocycles. The van der Waals surface area contributed by atoms with Gasteiger partial charge in [-0.1, -0.05) is 30.3 Å². The number of nitrogens with zero attached hydrogens (tertiary/aromatic N) is 3. The maximum Gasteiger partial charge on any atom is 0.147 e. The van der Waals surface area contributed by atoms with Crippen LogP contribution in [0.1, 0.15) is 23.0 Å². The average Bonchev–Trinajstić information content (AvgIpc) is 2.68. The second-order valence-corrected chi connectivity index (χ2v) is 6.07. The molecule has 0 fully saturated rings. The maximum atomic E-state index is 10.9. The summed E-state index contributed by atoms with van der Waals surface area (Å²) >= 11 is 0. The molecule has 0 spiro atoms. The Morgan fingerprint density at radius 1 is 0.885 bits per heavy atom. The monoisotopic (exact) mass is 342 g/mol. The van der Waals surface area contributed by atoms with Crippen molar-refractivity contribution in [1.29, 1.82) is 0 Å². The van der Waals surface area contributed by atoms with Crippen molar-refractivity contribution in [2.75, 3.05) is 5.32 Å². The number of nitrogens with one attached hydrogen (secondary N) is 1. The number of phenolic OH excluding ortho intramolecular Hbond substituents is 1. The van der Waals surface area contributed by atoms with Crippen molar-refractivity contribution in [1.82, 2.24) is 15.0 Å². The first-order valence-electron chi connectivity index (χ1n) is 8.40.